The van der Waals surface area contributed by atoms with E-state index in [0.29, 0.717) is 58.0 Å². The Morgan fingerprint density at radius 2 is 1.51 bits per heavy atom. The van der Waals surface area contributed by atoms with Crippen LogP contribution in [0.2, 0.25) is 0 Å². The summed E-state index contributed by atoms with van der Waals surface area (Å²) >= 11 is 4.40. The lowest BCUT2D eigenvalue weighted by Gasteiger charge is -2.57. The van der Waals surface area contributed by atoms with Crippen LogP contribution in [0.25, 0.3) is 0 Å². The van der Waals surface area contributed by atoms with Gasteiger partial charge in [-0.1, -0.05) is 133 Å². The molecule has 1 saturated heterocycles. The molecule has 0 radical (unpaired) electrons. The third-order valence-electron chi connectivity index (χ3n) is 14.3. The fourth-order valence-electron chi connectivity index (χ4n) is 12.2. The van der Waals surface area contributed by atoms with E-state index < -0.39 is 0 Å². The van der Waals surface area contributed by atoms with Crippen LogP contribution in [-0.4, -0.2) is 16.5 Å². The molecule has 2 fully saturated rings. The highest BCUT2D eigenvalue weighted by Crippen LogP contribution is 2.64. The van der Waals surface area contributed by atoms with Crippen molar-refractivity contribution in [3.05, 3.63) is 174 Å². The predicted molar refractivity (Wildman–Crippen MR) is 224 cm³/mol. The molecule has 10 unspecified atom stereocenters. The van der Waals surface area contributed by atoms with Gasteiger partial charge in [-0.2, -0.15) is 11.8 Å². The van der Waals surface area contributed by atoms with Gasteiger partial charge in [-0.15, -0.1) is 0 Å². The molecular weight excluding hydrogens is 679 g/mol. The van der Waals surface area contributed by atoms with Gasteiger partial charge in [-0.05, 0) is 127 Å². The molecule has 0 N–H and O–H groups in total. The van der Waals surface area contributed by atoms with Gasteiger partial charge in [0, 0.05) is 43.5 Å². The molecule has 1 saturated carbocycles. The molecule has 0 spiro atoms. The van der Waals surface area contributed by atoms with Crippen LogP contribution in [0.4, 0.5) is 5.69 Å². The molecule has 0 amide bonds. The van der Waals surface area contributed by atoms with Crippen molar-refractivity contribution in [3.8, 4) is 0 Å². The van der Waals surface area contributed by atoms with Crippen molar-refractivity contribution in [3.63, 3.8) is 0 Å². The van der Waals surface area contributed by atoms with E-state index in [1.54, 1.807) is 28.0 Å². The zero-order valence-electron chi connectivity index (χ0n) is 30.4. The van der Waals surface area contributed by atoms with E-state index in [4.69, 9.17) is 0 Å². The molecule has 1 nitrogen and oxygen atoms in total. The second-order valence-electron chi connectivity index (χ2n) is 16.7. The lowest BCUT2D eigenvalue weighted by molar-refractivity contribution is 0.0931. The molecule has 8 aliphatic rings. The highest BCUT2D eigenvalue weighted by molar-refractivity contribution is 8.00. The fraction of sp³-hybridized carbons (Fsp3) is 0.360. The number of allylic oxidation sites excluding steroid dienone is 10. The van der Waals surface area contributed by atoms with E-state index in [9.17, 15) is 0 Å². The van der Waals surface area contributed by atoms with E-state index in [1.165, 1.54) is 41.2 Å². The van der Waals surface area contributed by atoms with E-state index in [0.717, 1.165) is 25.2 Å². The zero-order chi connectivity index (χ0) is 34.9. The maximum Gasteiger partial charge on any atom is 0.0658 e. The number of fused-ring (bicyclic) bond motifs is 6. The maximum absolute atomic E-state index is 2.79. The molecule has 3 aromatic rings. The smallest absolute Gasteiger partial charge is 0.0658 e. The molecule has 10 atom stereocenters. The molecular formula is C50H49NS2. The maximum atomic E-state index is 2.79. The lowest BCUT2D eigenvalue weighted by atomic mass is 9.56. The minimum Gasteiger partial charge on any atom is -0.337 e. The summed E-state index contributed by atoms with van der Waals surface area (Å²) in [4.78, 5) is 5.75. The van der Waals surface area contributed by atoms with Gasteiger partial charge in [0.2, 0.25) is 0 Å². The average Bonchev–Trinajstić information content (AvgIpc) is 3.57. The summed E-state index contributed by atoms with van der Waals surface area (Å²) < 4.78 is 0. The summed E-state index contributed by atoms with van der Waals surface area (Å²) in [6.45, 7) is 0. The largest absolute Gasteiger partial charge is 0.337 e. The molecule has 0 bridgehead atoms. The van der Waals surface area contributed by atoms with Crippen LogP contribution in [0.15, 0.2) is 172 Å². The molecule has 3 heterocycles. The Morgan fingerprint density at radius 1 is 0.698 bits per heavy atom. The van der Waals surface area contributed by atoms with Gasteiger partial charge in [0.25, 0.3) is 0 Å². The van der Waals surface area contributed by atoms with E-state index >= 15 is 0 Å². The summed E-state index contributed by atoms with van der Waals surface area (Å²) in [5.74, 6) is 4.72. The van der Waals surface area contributed by atoms with Crippen molar-refractivity contribution in [2.75, 3.05) is 4.90 Å². The van der Waals surface area contributed by atoms with Gasteiger partial charge in [-0.3, -0.25) is 0 Å². The number of para-hydroxylation sites is 1. The van der Waals surface area contributed by atoms with E-state index in [2.05, 4.69) is 162 Å². The first-order valence-electron chi connectivity index (χ1n) is 20.4. The fourth-order valence-corrected chi connectivity index (χ4v) is 15.4. The van der Waals surface area contributed by atoms with E-state index in [-0.39, 0.29) is 0 Å². The van der Waals surface area contributed by atoms with Crippen LogP contribution in [0.5, 0.6) is 0 Å². The summed E-state index contributed by atoms with van der Waals surface area (Å²) in [6, 6.07) is 30.7. The van der Waals surface area contributed by atoms with Crippen LogP contribution >= 0.6 is 23.5 Å². The number of nitrogens with zero attached hydrogens (tertiary/aromatic N) is 1. The SMILES string of the molecule is C1=CCC(C2CCC3C(C2)SC2C=CCC(C4=CC=CC5C6=C(CCC=C6)N(c6ccccc6)C45)C2C3C2c3ccccc3Sc3ccccc32)C=C1. The number of hydrogen-bond donors (Lipinski definition) is 0. The summed E-state index contributed by atoms with van der Waals surface area (Å²) in [6.07, 6.45) is 36.0. The first kappa shape index (κ1) is 32.7. The van der Waals surface area contributed by atoms with Gasteiger partial charge in [0.1, 0.15) is 0 Å². The Morgan fingerprint density at radius 3 is 2.32 bits per heavy atom. The van der Waals surface area contributed by atoms with Crippen molar-refractivity contribution in [2.45, 2.75) is 77.2 Å². The van der Waals surface area contributed by atoms with Crippen LogP contribution in [0, 0.1) is 41.4 Å². The van der Waals surface area contributed by atoms with Crippen molar-refractivity contribution in [2.24, 2.45) is 41.4 Å². The monoisotopic (exact) mass is 727 g/mol. The summed E-state index contributed by atoms with van der Waals surface area (Å²) in [7, 11) is 0. The van der Waals surface area contributed by atoms with Gasteiger partial charge in [0.15, 0.2) is 0 Å². The van der Waals surface area contributed by atoms with Crippen molar-refractivity contribution < 1.29 is 0 Å². The average molecular weight is 728 g/mol. The molecule has 53 heavy (non-hydrogen) atoms. The van der Waals surface area contributed by atoms with Crippen LogP contribution in [0.3, 0.4) is 0 Å². The van der Waals surface area contributed by atoms with Crippen LogP contribution in [-0.2, 0) is 0 Å². The second kappa shape index (κ2) is 13.6. The van der Waals surface area contributed by atoms with Gasteiger partial charge in [0.05, 0.1) is 6.04 Å². The number of rotatable bonds is 4. The van der Waals surface area contributed by atoms with E-state index in [1.807, 2.05) is 11.8 Å². The summed E-state index contributed by atoms with van der Waals surface area (Å²) in [5, 5.41) is 1.24. The molecule has 266 valence electrons. The van der Waals surface area contributed by atoms with Gasteiger partial charge >= 0.3 is 0 Å². The number of hydrogen-bond acceptors (Lipinski definition) is 3. The third-order valence-corrected chi connectivity index (χ3v) is 17.2. The molecule has 3 aliphatic heterocycles. The topological polar surface area (TPSA) is 3.24 Å². The minimum absolute atomic E-state index is 0.346. The van der Waals surface area contributed by atoms with Crippen molar-refractivity contribution in [1.82, 2.24) is 0 Å². The minimum atomic E-state index is 0.346. The van der Waals surface area contributed by atoms with Gasteiger partial charge in [-0.25, -0.2) is 0 Å². The molecule has 3 heteroatoms. The summed E-state index contributed by atoms with van der Waals surface area (Å²) in [5.41, 5.74) is 9.34. The van der Waals surface area contributed by atoms with Crippen LogP contribution in [0.1, 0.15) is 62.0 Å². The molecule has 5 aliphatic carbocycles. The molecule has 3 aromatic carbocycles. The molecule has 0 aromatic heterocycles. The highest BCUT2D eigenvalue weighted by atomic mass is 32.2. The Labute approximate surface area is 324 Å². The zero-order valence-corrected chi connectivity index (χ0v) is 32.1. The quantitative estimate of drug-likeness (QED) is 0.246. The number of benzene rings is 3. The van der Waals surface area contributed by atoms with Crippen molar-refractivity contribution >= 4 is 29.2 Å². The number of anilines is 1. The second-order valence-corrected chi connectivity index (χ2v) is 19.2. The predicted octanol–water partition coefficient (Wildman–Crippen LogP) is 12.7. The third kappa shape index (κ3) is 5.42. The first-order valence-corrected chi connectivity index (χ1v) is 22.2. The Hall–Kier alpha value is -3.66. The van der Waals surface area contributed by atoms with Gasteiger partial charge < -0.3 is 4.90 Å². The Balaban J connectivity index is 1.04. The Kier molecular flexibility index (Phi) is 8.39. The first-order chi connectivity index (χ1) is 26.3. The van der Waals surface area contributed by atoms with Crippen LogP contribution < -0.4 is 4.90 Å². The van der Waals surface area contributed by atoms with Crippen molar-refractivity contribution in [1.29, 1.82) is 0 Å². The Bertz CT molecular complexity index is 2070. The normalized spacial score (nSPS) is 35.2. The molecule has 11 rings (SSSR count). The highest BCUT2D eigenvalue weighted by Gasteiger charge is 2.56. The number of thioether (sulfide) groups is 1. The lowest BCUT2D eigenvalue weighted by Crippen LogP contribution is -2.52. The standard InChI is InChI=1S/C50H49NS2/c1-3-15-32(16-4-1)33-29-30-41-46(31-33)53-45-28-14-22-36(48(45)49(41)47-39-20-8-11-26-43(39)52-44-27-12-9-21-40(44)47)38-24-13-23-37-35-19-7-10-25-42(35)51(50(37)38)34-17-5-2-6-18-34/h1-9,11-15,17-21,23-24,26-28,32-33,36-37,41,45-50H,10,16,22,25,29-31H2.